The Morgan fingerprint density at radius 2 is 1.79 bits per heavy atom. The molecule has 0 aromatic heterocycles. The molecule has 3 atom stereocenters. The lowest BCUT2D eigenvalue weighted by Gasteiger charge is -2.20. The molecule has 6 heteroatoms. The fourth-order valence-electron chi connectivity index (χ4n) is 2.16. The first-order valence-corrected chi connectivity index (χ1v) is 6.16. The van der Waals surface area contributed by atoms with Crippen molar-refractivity contribution in [3.05, 3.63) is 29.8 Å². The van der Waals surface area contributed by atoms with Crippen LogP contribution in [0.15, 0.2) is 24.3 Å². The van der Waals surface area contributed by atoms with Gasteiger partial charge in [-0.2, -0.15) is 0 Å². The number of aliphatic hydroxyl groups excluding tert-OH is 2. The van der Waals surface area contributed by atoms with Gasteiger partial charge in [0.2, 0.25) is 5.91 Å². The highest BCUT2D eigenvalue weighted by molar-refractivity contribution is 5.82. The van der Waals surface area contributed by atoms with Crippen molar-refractivity contribution in [3.63, 3.8) is 0 Å². The lowest BCUT2D eigenvalue weighted by Crippen LogP contribution is -2.44. The van der Waals surface area contributed by atoms with E-state index in [0.717, 1.165) is 5.56 Å². The van der Waals surface area contributed by atoms with Crippen molar-refractivity contribution < 1.29 is 20.1 Å². The third-order valence-electron chi connectivity index (χ3n) is 3.28. The van der Waals surface area contributed by atoms with Crippen molar-refractivity contribution in [3.8, 4) is 5.75 Å². The SMILES string of the molecule is N[C@@H](Cc1ccc(O)cc1)C(=O)N1C[C@@H](O)[C@@H](O)C1. The molecule has 1 saturated heterocycles. The predicted octanol–water partition coefficient (Wildman–Crippen LogP) is -1.17. The molecule has 1 aromatic carbocycles. The molecule has 1 heterocycles. The summed E-state index contributed by atoms with van der Waals surface area (Å²) >= 11 is 0. The molecule has 0 bridgehead atoms. The lowest BCUT2D eigenvalue weighted by molar-refractivity contribution is -0.132. The molecule has 0 spiro atoms. The van der Waals surface area contributed by atoms with Crippen molar-refractivity contribution in [1.82, 2.24) is 4.90 Å². The van der Waals surface area contributed by atoms with E-state index in [0.29, 0.717) is 6.42 Å². The second-order valence-corrected chi connectivity index (χ2v) is 4.85. The molecular formula is C13H18N2O4. The van der Waals surface area contributed by atoms with E-state index in [9.17, 15) is 15.0 Å². The molecule has 104 valence electrons. The number of hydrogen-bond donors (Lipinski definition) is 4. The standard InChI is InChI=1S/C13H18N2O4/c14-10(5-8-1-3-9(16)4-2-8)13(19)15-6-11(17)12(18)7-15/h1-4,10-12,16-18H,5-7,14H2/t10-,11-,12+/m0/s1. The lowest BCUT2D eigenvalue weighted by atomic mass is 10.1. The van der Waals surface area contributed by atoms with Gasteiger partial charge < -0.3 is 26.0 Å². The van der Waals surface area contributed by atoms with Crippen molar-refractivity contribution in [2.24, 2.45) is 5.73 Å². The van der Waals surface area contributed by atoms with Gasteiger partial charge in [0.05, 0.1) is 18.2 Å². The van der Waals surface area contributed by atoms with E-state index in [2.05, 4.69) is 0 Å². The summed E-state index contributed by atoms with van der Waals surface area (Å²) in [5.74, 6) is -0.127. The van der Waals surface area contributed by atoms with Crippen LogP contribution in [0.3, 0.4) is 0 Å². The van der Waals surface area contributed by atoms with Gasteiger partial charge in [0.15, 0.2) is 0 Å². The van der Waals surface area contributed by atoms with Gasteiger partial charge >= 0.3 is 0 Å². The number of benzene rings is 1. The summed E-state index contributed by atoms with van der Waals surface area (Å²) in [4.78, 5) is 13.4. The maximum absolute atomic E-state index is 12.0. The van der Waals surface area contributed by atoms with Crippen molar-refractivity contribution in [1.29, 1.82) is 0 Å². The first-order chi connectivity index (χ1) is 8.97. The molecule has 1 aliphatic rings. The van der Waals surface area contributed by atoms with Crippen LogP contribution in [-0.4, -0.2) is 57.5 Å². The average molecular weight is 266 g/mol. The number of nitrogens with zero attached hydrogens (tertiary/aromatic N) is 1. The Hall–Kier alpha value is -1.63. The number of aliphatic hydroxyl groups is 2. The van der Waals surface area contributed by atoms with Crippen molar-refractivity contribution >= 4 is 5.91 Å². The number of phenols is 1. The molecule has 1 amide bonds. The Labute approximate surface area is 111 Å². The van der Waals surface area contributed by atoms with Gasteiger partial charge in [-0.15, -0.1) is 0 Å². The van der Waals surface area contributed by atoms with Gasteiger partial charge in [-0.3, -0.25) is 4.79 Å². The first kappa shape index (κ1) is 13.8. The van der Waals surface area contributed by atoms with E-state index in [1.807, 2.05) is 0 Å². The topological polar surface area (TPSA) is 107 Å². The highest BCUT2D eigenvalue weighted by atomic mass is 16.3. The predicted molar refractivity (Wildman–Crippen MR) is 68.4 cm³/mol. The molecule has 2 rings (SSSR count). The number of rotatable bonds is 3. The smallest absolute Gasteiger partial charge is 0.240 e. The second-order valence-electron chi connectivity index (χ2n) is 4.85. The Balaban J connectivity index is 1.94. The van der Waals surface area contributed by atoms with Crippen LogP contribution < -0.4 is 5.73 Å². The fourth-order valence-corrected chi connectivity index (χ4v) is 2.16. The molecule has 0 aliphatic carbocycles. The zero-order valence-corrected chi connectivity index (χ0v) is 10.4. The Kier molecular flexibility index (Phi) is 4.04. The minimum absolute atomic E-state index is 0.114. The van der Waals surface area contributed by atoms with Crippen LogP contribution in [0.5, 0.6) is 5.75 Å². The van der Waals surface area contributed by atoms with Crippen LogP contribution in [0, 0.1) is 0 Å². The number of aromatic hydroxyl groups is 1. The minimum Gasteiger partial charge on any atom is -0.508 e. The third-order valence-corrected chi connectivity index (χ3v) is 3.28. The zero-order valence-electron chi connectivity index (χ0n) is 10.4. The van der Waals surface area contributed by atoms with Gasteiger partial charge in [0, 0.05) is 13.1 Å². The summed E-state index contributed by atoms with van der Waals surface area (Å²) in [6.45, 7) is 0.229. The van der Waals surface area contributed by atoms with Crippen molar-refractivity contribution in [2.45, 2.75) is 24.7 Å². The number of carbonyl (C=O) groups is 1. The van der Waals surface area contributed by atoms with Crippen LogP contribution in [0.25, 0.3) is 0 Å². The van der Waals surface area contributed by atoms with Gasteiger partial charge in [-0.25, -0.2) is 0 Å². The number of hydrogen-bond acceptors (Lipinski definition) is 5. The number of likely N-dealkylation sites (tertiary alicyclic amines) is 1. The first-order valence-electron chi connectivity index (χ1n) is 6.16. The molecule has 1 aromatic rings. The molecule has 5 N–H and O–H groups in total. The molecule has 1 aliphatic heterocycles. The highest BCUT2D eigenvalue weighted by Crippen LogP contribution is 2.14. The zero-order chi connectivity index (χ0) is 14.0. The molecular weight excluding hydrogens is 248 g/mol. The maximum atomic E-state index is 12.0. The maximum Gasteiger partial charge on any atom is 0.240 e. The molecule has 0 saturated carbocycles. The van der Waals surface area contributed by atoms with E-state index < -0.39 is 18.2 Å². The summed E-state index contributed by atoms with van der Waals surface area (Å²) in [5.41, 5.74) is 6.69. The number of nitrogens with two attached hydrogens (primary N) is 1. The fraction of sp³-hybridized carbons (Fsp3) is 0.462. The normalized spacial score (nSPS) is 24.5. The number of β-amino-alcohol motifs (C(OH)–C–C–N with tert-alkyl or cyclic N) is 2. The van der Waals surface area contributed by atoms with Gasteiger partial charge in [-0.1, -0.05) is 12.1 Å². The van der Waals surface area contributed by atoms with Crippen LogP contribution >= 0.6 is 0 Å². The molecule has 0 unspecified atom stereocenters. The second kappa shape index (κ2) is 5.56. The number of carbonyl (C=O) groups excluding carboxylic acids is 1. The summed E-state index contributed by atoms with van der Waals surface area (Å²) in [5, 5.41) is 28.0. The van der Waals surface area contributed by atoms with E-state index in [4.69, 9.17) is 10.8 Å². The molecule has 1 fully saturated rings. The molecule has 0 radical (unpaired) electrons. The van der Waals surface area contributed by atoms with E-state index in [-0.39, 0.29) is 24.7 Å². The van der Waals surface area contributed by atoms with Crippen LogP contribution in [0.2, 0.25) is 0 Å². The third kappa shape index (κ3) is 3.23. The van der Waals surface area contributed by atoms with Crippen molar-refractivity contribution in [2.75, 3.05) is 13.1 Å². The summed E-state index contributed by atoms with van der Waals surface area (Å²) in [6.07, 6.45) is -1.45. The van der Waals surface area contributed by atoms with Crippen LogP contribution in [-0.2, 0) is 11.2 Å². The van der Waals surface area contributed by atoms with E-state index in [1.165, 1.54) is 17.0 Å². The Morgan fingerprint density at radius 1 is 1.26 bits per heavy atom. The minimum atomic E-state index is -0.898. The Bertz CT molecular complexity index is 438. The quantitative estimate of drug-likeness (QED) is 0.551. The van der Waals surface area contributed by atoms with Crippen LogP contribution in [0.4, 0.5) is 0 Å². The average Bonchev–Trinajstić information content (AvgIpc) is 2.71. The monoisotopic (exact) mass is 266 g/mol. The highest BCUT2D eigenvalue weighted by Gasteiger charge is 2.34. The van der Waals surface area contributed by atoms with Gasteiger partial charge in [-0.05, 0) is 24.1 Å². The van der Waals surface area contributed by atoms with Crippen LogP contribution in [0.1, 0.15) is 5.56 Å². The number of amides is 1. The Morgan fingerprint density at radius 3 is 2.32 bits per heavy atom. The number of phenolic OH excluding ortho intramolecular Hbond substituents is 1. The van der Waals surface area contributed by atoms with E-state index >= 15 is 0 Å². The summed E-state index contributed by atoms with van der Waals surface area (Å²) in [6, 6.07) is 5.76. The van der Waals surface area contributed by atoms with E-state index in [1.54, 1.807) is 12.1 Å². The molecule has 6 nitrogen and oxygen atoms in total. The van der Waals surface area contributed by atoms with Gasteiger partial charge in [0.25, 0.3) is 0 Å². The van der Waals surface area contributed by atoms with Gasteiger partial charge in [0.1, 0.15) is 5.75 Å². The molecule has 19 heavy (non-hydrogen) atoms. The summed E-state index contributed by atoms with van der Waals surface area (Å²) in [7, 11) is 0. The summed E-state index contributed by atoms with van der Waals surface area (Å²) < 4.78 is 0. The largest absolute Gasteiger partial charge is 0.508 e.